The van der Waals surface area contributed by atoms with E-state index in [1.807, 2.05) is 0 Å². The molecule has 2 N–H and O–H groups in total. The van der Waals surface area contributed by atoms with Gasteiger partial charge in [-0.05, 0) is 37.8 Å². The van der Waals surface area contributed by atoms with Crippen molar-refractivity contribution in [3.05, 3.63) is 30.1 Å². The van der Waals surface area contributed by atoms with E-state index in [-0.39, 0.29) is 37.0 Å². The van der Waals surface area contributed by atoms with E-state index >= 15 is 0 Å². The third-order valence-corrected chi connectivity index (χ3v) is 5.26. The van der Waals surface area contributed by atoms with E-state index in [1.165, 1.54) is 12.1 Å². The average Bonchev–Trinajstić information content (AvgIpc) is 3.11. The first-order valence-electron chi connectivity index (χ1n) is 8.59. The van der Waals surface area contributed by atoms with Crippen LogP contribution < -0.4 is 10.1 Å². The molecule has 1 heterocycles. The zero-order valence-electron chi connectivity index (χ0n) is 14.2. The Bertz CT molecular complexity index is 668. The molecule has 2 amide bonds. The van der Waals surface area contributed by atoms with Crippen LogP contribution in [0.5, 0.6) is 5.75 Å². The Labute approximate surface area is 146 Å². The highest BCUT2D eigenvalue weighted by molar-refractivity contribution is 5.80. The molecule has 25 heavy (non-hydrogen) atoms. The monoisotopic (exact) mass is 350 g/mol. The lowest BCUT2D eigenvalue weighted by Crippen LogP contribution is -2.44. The summed E-state index contributed by atoms with van der Waals surface area (Å²) in [7, 11) is 0. The van der Waals surface area contributed by atoms with Crippen LogP contribution in [0.25, 0.3) is 0 Å². The first kappa shape index (κ1) is 17.5. The summed E-state index contributed by atoms with van der Waals surface area (Å²) in [6.07, 6.45) is 2.07. The fourth-order valence-electron chi connectivity index (χ4n) is 3.95. The number of amides is 2. The van der Waals surface area contributed by atoms with E-state index in [4.69, 9.17) is 4.74 Å². The highest BCUT2D eigenvalue weighted by Gasteiger charge is 2.55. The average molecular weight is 350 g/mol. The minimum Gasteiger partial charge on any atom is -0.489 e. The largest absolute Gasteiger partial charge is 0.489 e. The maximum absolute atomic E-state index is 13.1. The summed E-state index contributed by atoms with van der Waals surface area (Å²) in [5.74, 6) is -0.733. The Kier molecular flexibility index (Phi) is 4.83. The van der Waals surface area contributed by atoms with Crippen molar-refractivity contribution in [1.82, 2.24) is 10.2 Å². The number of nitrogens with zero attached hydrogens (tertiary/aromatic N) is 1. The Morgan fingerprint density at radius 2 is 2.32 bits per heavy atom. The Morgan fingerprint density at radius 1 is 1.52 bits per heavy atom. The molecule has 0 spiro atoms. The number of hydrogen-bond acceptors (Lipinski definition) is 3. The molecule has 2 aliphatic rings. The predicted molar refractivity (Wildman–Crippen MR) is 88.9 cm³/mol. The molecule has 1 aliphatic heterocycles. The van der Waals surface area contributed by atoms with Crippen molar-refractivity contribution in [2.24, 2.45) is 11.3 Å². The Hall–Kier alpha value is -2.31. The maximum atomic E-state index is 13.1. The maximum Gasteiger partial charge on any atom is 0.317 e. The number of fused-ring (bicyclic) bond motifs is 1. The molecule has 1 saturated carbocycles. The molecule has 6 nitrogen and oxygen atoms in total. The summed E-state index contributed by atoms with van der Waals surface area (Å²) in [4.78, 5) is 25.6. The number of aliphatic carboxylic acids is 1. The Balaban J connectivity index is 1.51. The van der Waals surface area contributed by atoms with E-state index in [2.05, 4.69) is 5.32 Å². The van der Waals surface area contributed by atoms with Crippen molar-refractivity contribution in [2.45, 2.75) is 32.3 Å². The van der Waals surface area contributed by atoms with Gasteiger partial charge >= 0.3 is 12.0 Å². The first-order valence-corrected chi connectivity index (χ1v) is 8.59. The highest BCUT2D eigenvalue weighted by Crippen LogP contribution is 2.48. The summed E-state index contributed by atoms with van der Waals surface area (Å²) in [6.45, 7) is 2.79. The summed E-state index contributed by atoms with van der Waals surface area (Å²) < 4.78 is 18.7. The number of likely N-dealkylation sites (tertiary alicyclic amines) is 1. The first-order chi connectivity index (χ1) is 11.9. The molecule has 3 atom stereocenters. The molecule has 2 fully saturated rings. The van der Waals surface area contributed by atoms with Crippen LogP contribution in [0.4, 0.5) is 9.18 Å². The molecule has 0 bridgehead atoms. The van der Waals surface area contributed by atoms with E-state index in [0.29, 0.717) is 18.7 Å². The van der Waals surface area contributed by atoms with Gasteiger partial charge in [0.1, 0.15) is 17.7 Å². The topological polar surface area (TPSA) is 78.9 Å². The lowest BCUT2D eigenvalue weighted by molar-refractivity contribution is -0.149. The van der Waals surface area contributed by atoms with Gasteiger partial charge in [0.2, 0.25) is 0 Å². The zero-order chi connectivity index (χ0) is 18.0. The van der Waals surface area contributed by atoms with Gasteiger partial charge in [0.05, 0.1) is 12.0 Å². The normalized spacial score (nSPS) is 26.2. The van der Waals surface area contributed by atoms with Crippen molar-refractivity contribution in [2.75, 3.05) is 19.6 Å². The molecular formula is C18H23FN2O4. The quantitative estimate of drug-likeness (QED) is 0.855. The standard InChI is InChI=1S/C18H23FN2O4/c1-12(25-15-6-2-5-14(19)8-15)9-20-17(24)21-10-13-4-3-7-18(13,11-21)16(22)23/h2,5-6,8,12-13H,3-4,7,9-11H2,1H3,(H,20,24)(H,22,23)/t12?,13-,18+/m0/s1. The van der Waals surface area contributed by atoms with Crippen LogP contribution >= 0.6 is 0 Å². The SMILES string of the molecule is CC(CNC(=O)N1C[C@@H]2CCC[C@@]2(C(=O)O)C1)Oc1cccc(F)c1. The molecule has 0 aromatic heterocycles. The number of carboxylic acids is 1. The second-order valence-electron chi connectivity index (χ2n) is 7.00. The molecule has 0 radical (unpaired) electrons. The van der Waals surface area contributed by atoms with Crippen LogP contribution in [-0.4, -0.2) is 47.7 Å². The lowest BCUT2D eigenvalue weighted by Gasteiger charge is -2.24. The van der Waals surface area contributed by atoms with E-state index in [9.17, 15) is 19.1 Å². The Morgan fingerprint density at radius 3 is 3.00 bits per heavy atom. The smallest absolute Gasteiger partial charge is 0.317 e. The lowest BCUT2D eigenvalue weighted by atomic mass is 9.81. The summed E-state index contributed by atoms with van der Waals surface area (Å²) in [6, 6.07) is 5.56. The van der Waals surface area contributed by atoms with Gasteiger partial charge in [0, 0.05) is 19.2 Å². The number of benzene rings is 1. The fraction of sp³-hybridized carbons (Fsp3) is 0.556. The summed E-state index contributed by atoms with van der Waals surface area (Å²) in [5, 5.41) is 12.3. The van der Waals surface area contributed by atoms with Crippen molar-refractivity contribution < 1.29 is 23.8 Å². The highest BCUT2D eigenvalue weighted by atomic mass is 19.1. The number of halogens is 1. The van der Waals surface area contributed by atoms with Crippen LogP contribution in [0.1, 0.15) is 26.2 Å². The van der Waals surface area contributed by atoms with Gasteiger partial charge in [-0.15, -0.1) is 0 Å². The molecule has 1 unspecified atom stereocenters. The third-order valence-electron chi connectivity index (χ3n) is 5.26. The predicted octanol–water partition coefficient (Wildman–Crippen LogP) is 2.49. The number of hydrogen-bond donors (Lipinski definition) is 2. The van der Waals surface area contributed by atoms with Crippen LogP contribution in [-0.2, 0) is 4.79 Å². The zero-order valence-corrected chi connectivity index (χ0v) is 14.2. The van der Waals surface area contributed by atoms with Gasteiger partial charge in [-0.3, -0.25) is 4.79 Å². The number of urea groups is 1. The van der Waals surface area contributed by atoms with Crippen LogP contribution in [0.3, 0.4) is 0 Å². The number of ether oxygens (including phenoxy) is 1. The molecule has 136 valence electrons. The number of carbonyl (C=O) groups is 2. The van der Waals surface area contributed by atoms with Crippen LogP contribution in [0.2, 0.25) is 0 Å². The van der Waals surface area contributed by atoms with Crippen LogP contribution in [0.15, 0.2) is 24.3 Å². The van der Waals surface area contributed by atoms with Gasteiger partial charge in [0.15, 0.2) is 0 Å². The van der Waals surface area contributed by atoms with E-state index in [1.54, 1.807) is 24.0 Å². The molecule has 1 aliphatic carbocycles. The summed E-state index contributed by atoms with van der Waals surface area (Å²) >= 11 is 0. The van der Waals surface area contributed by atoms with Crippen molar-refractivity contribution in [3.8, 4) is 5.75 Å². The fourth-order valence-corrected chi connectivity index (χ4v) is 3.95. The number of carbonyl (C=O) groups excluding carboxylic acids is 1. The molecule has 1 saturated heterocycles. The molecule has 1 aromatic rings. The van der Waals surface area contributed by atoms with Crippen molar-refractivity contribution >= 4 is 12.0 Å². The van der Waals surface area contributed by atoms with E-state index < -0.39 is 11.4 Å². The number of nitrogens with one attached hydrogen (secondary N) is 1. The second kappa shape index (κ2) is 6.90. The van der Waals surface area contributed by atoms with Gasteiger partial charge in [-0.1, -0.05) is 12.5 Å². The van der Waals surface area contributed by atoms with Crippen molar-refractivity contribution in [1.29, 1.82) is 0 Å². The third kappa shape index (κ3) is 3.55. The van der Waals surface area contributed by atoms with Gasteiger partial charge in [-0.25, -0.2) is 9.18 Å². The second-order valence-corrected chi connectivity index (χ2v) is 7.00. The molecular weight excluding hydrogens is 327 g/mol. The number of rotatable bonds is 5. The van der Waals surface area contributed by atoms with Gasteiger partial charge < -0.3 is 20.1 Å². The van der Waals surface area contributed by atoms with Crippen molar-refractivity contribution in [3.63, 3.8) is 0 Å². The minimum absolute atomic E-state index is 0.0386. The summed E-state index contributed by atoms with van der Waals surface area (Å²) in [5.41, 5.74) is -0.777. The van der Waals surface area contributed by atoms with Gasteiger partial charge in [-0.2, -0.15) is 0 Å². The molecule has 1 aromatic carbocycles. The van der Waals surface area contributed by atoms with E-state index in [0.717, 1.165) is 12.8 Å². The minimum atomic E-state index is -0.798. The number of carboxylic acid groups (broad SMARTS) is 1. The molecule has 3 rings (SSSR count). The van der Waals surface area contributed by atoms with Gasteiger partial charge in [0.25, 0.3) is 0 Å². The molecule has 7 heteroatoms. The van der Waals surface area contributed by atoms with Crippen LogP contribution in [0, 0.1) is 17.2 Å².